The fourth-order valence-corrected chi connectivity index (χ4v) is 3.57. The number of ether oxygens (including phenoxy) is 1. The Morgan fingerprint density at radius 3 is 2.42 bits per heavy atom. The normalized spacial score (nSPS) is 12.5. The fourth-order valence-electron chi connectivity index (χ4n) is 1.96. The molecule has 1 rings (SSSR count). The van der Waals surface area contributed by atoms with Gasteiger partial charge in [0.25, 0.3) is 0 Å². The molecule has 0 saturated carbocycles. The van der Waals surface area contributed by atoms with Crippen molar-refractivity contribution in [2.45, 2.75) is 26.3 Å². The average Bonchev–Trinajstić information content (AvgIpc) is 2.37. The molecule has 1 aromatic rings. The monoisotopic (exact) mass is 393 g/mol. The van der Waals surface area contributed by atoms with Gasteiger partial charge in [-0.2, -0.15) is 0 Å². The Morgan fingerprint density at radius 2 is 1.95 bits per heavy atom. The molecule has 0 bridgehead atoms. The van der Waals surface area contributed by atoms with E-state index in [1.165, 1.54) is 5.56 Å². The van der Waals surface area contributed by atoms with Crippen molar-refractivity contribution in [1.82, 2.24) is 5.32 Å². The number of rotatable bonds is 8. The van der Waals surface area contributed by atoms with Gasteiger partial charge in [0.2, 0.25) is 0 Å². The van der Waals surface area contributed by atoms with Crippen LogP contribution >= 0.6 is 31.9 Å². The highest BCUT2D eigenvalue weighted by Crippen LogP contribution is 2.34. The zero-order valence-corrected chi connectivity index (χ0v) is 14.6. The van der Waals surface area contributed by atoms with E-state index in [4.69, 9.17) is 9.84 Å². The van der Waals surface area contributed by atoms with Crippen LogP contribution in [0.1, 0.15) is 25.3 Å². The molecule has 108 valence electrons. The van der Waals surface area contributed by atoms with E-state index in [1.807, 2.05) is 0 Å². The molecule has 0 amide bonds. The highest BCUT2D eigenvalue weighted by molar-refractivity contribution is 9.11. The van der Waals surface area contributed by atoms with E-state index in [-0.39, 0.29) is 6.61 Å². The van der Waals surface area contributed by atoms with Crippen LogP contribution in [-0.4, -0.2) is 25.4 Å². The van der Waals surface area contributed by atoms with E-state index in [0.29, 0.717) is 5.92 Å². The second-order valence-corrected chi connectivity index (χ2v) is 6.22. The van der Waals surface area contributed by atoms with Crippen molar-refractivity contribution in [2.75, 3.05) is 20.3 Å². The van der Waals surface area contributed by atoms with Crippen LogP contribution in [0.5, 0.6) is 5.75 Å². The minimum absolute atomic E-state index is 0.264. The fraction of sp³-hybridized carbons (Fsp3) is 0.571. The Kier molecular flexibility index (Phi) is 7.99. The van der Waals surface area contributed by atoms with Gasteiger partial charge >= 0.3 is 0 Å². The number of methoxy groups -OCH3 is 1. The Morgan fingerprint density at radius 1 is 1.32 bits per heavy atom. The van der Waals surface area contributed by atoms with Crippen molar-refractivity contribution in [1.29, 1.82) is 0 Å². The summed E-state index contributed by atoms with van der Waals surface area (Å²) in [6.07, 6.45) is 1.95. The van der Waals surface area contributed by atoms with E-state index in [2.05, 4.69) is 56.2 Å². The van der Waals surface area contributed by atoms with Crippen molar-refractivity contribution in [3.05, 3.63) is 26.6 Å². The minimum atomic E-state index is 0.264. The van der Waals surface area contributed by atoms with Gasteiger partial charge in [-0.05, 0) is 68.4 Å². The van der Waals surface area contributed by atoms with Crippen molar-refractivity contribution >= 4 is 31.9 Å². The topological polar surface area (TPSA) is 41.5 Å². The van der Waals surface area contributed by atoms with Crippen molar-refractivity contribution < 1.29 is 9.84 Å². The molecule has 0 fully saturated rings. The zero-order valence-electron chi connectivity index (χ0n) is 11.4. The first-order valence-electron chi connectivity index (χ1n) is 6.45. The predicted molar refractivity (Wildman–Crippen MR) is 85.6 cm³/mol. The van der Waals surface area contributed by atoms with Crippen LogP contribution in [0.4, 0.5) is 0 Å². The summed E-state index contributed by atoms with van der Waals surface area (Å²) in [5.74, 6) is 1.35. The predicted octanol–water partition coefficient (Wildman–Crippen LogP) is 3.72. The lowest BCUT2D eigenvalue weighted by Crippen LogP contribution is -2.22. The molecule has 0 heterocycles. The molecule has 1 atom stereocenters. The first kappa shape index (κ1) is 17.0. The molecule has 5 heteroatoms. The first-order chi connectivity index (χ1) is 9.12. The van der Waals surface area contributed by atoms with Crippen LogP contribution in [0, 0.1) is 5.92 Å². The smallest absolute Gasteiger partial charge is 0.147 e. The van der Waals surface area contributed by atoms with E-state index < -0.39 is 0 Å². The third-order valence-electron chi connectivity index (χ3n) is 3.14. The molecule has 0 radical (unpaired) electrons. The van der Waals surface area contributed by atoms with Crippen molar-refractivity contribution in [3.8, 4) is 5.75 Å². The lowest BCUT2D eigenvalue weighted by Gasteiger charge is -2.15. The van der Waals surface area contributed by atoms with Gasteiger partial charge in [0, 0.05) is 13.2 Å². The first-order valence-corrected chi connectivity index (χ1v) is 8.04. The molecule has 3 nitrogen and oxygen atoms in total. The molecule has 1 aromatic carbocycles. The van der Waals surface area contributed by atoms with Gasteiger partial charge in [0.1, 0.15) is 5.75 Å². The summed E-state index contributed by atoms with van der Waals surface area (Å²) in [5, 5.41) is 12.4. The molecule has 0 spiro atoms. The second kappa shape index (κ2) is 8.95. The molecule has 0 aliphatic carbocycles. The number of nitrogens with one attached hydrogen (secondary N) is 1. The van der Waals surface area contributed by atoms with E-state index in [0.717, 1.165) is 40.6 Å². The summed E-state index contributed by atoms with van der Waals surface area (Å²) in [6, 6.07) is 4.12. The molecular formula is C14H21Br2NO2. The number of aliphatic hydroxyl groups excluding tert-OH is 1. The maximum absolute atomic E-state index is 8.96. The van der Waals surface area contributed by atoms with E-state index in [9.17, 15) is 0 Å². The van der Waals surface area contributed by atoms with Gasteiger partial charge in [-0.25, -0.2) is 0 Å². The quantitative estimate of drug-likeness (QED) is 0.705. The SMILES string of the molecule is CCC(CCO)CNCc1cc(Br)c(OC)c(Br)c1. The van der Waals surface area contributed by atoms with Gasteiger partial charge in [0.05, 0.1) is 16.1 Å². The van der Waals surface area contributed by atoms with Crippen LogP contribution in [0.2, 0.25) is 0 Å². The number of hydrogen-bond acceptors (Lipinski definition) is 3. The lowest BCUT2D eigenvalue weighted by molar-refractivity contribution is 0.251. The molecule has 0 saturated heterocycles. The van der Waals surface area contributed by atoms with Gasteiger partial charge in [0.15, 0.2) is 0 Å². The summed E-state index contributed by atoms with van der Waals surface area (Å²) in [6.45, 7) is 4.16. The van der Waals surface area contributed by atoms with Crippen LogP contribution < -0.4 is 10.1 Å². The molecule has 2 N–H and O–H groups in total. The Hall–Kier alpha value is -0.100. The van der Waals surface area contributed by atoms with Gasteiger partial charge in [-0.3, -0.25) is 0 Å². The summed E-state index contributed by atoms with van der Waals surface area (Å²) in [4.78, 5) is 0. The summed E-state index contributed by atoms with van der Waals surface area (Å²) in [5.41, 5.74) is 1.19. The maximum Gasteiger partial charge on any atom is 0.147 e. The molecular weight excluding hydrogens is 374 g/mol. The zero-order chi connectivity index (χ0) is 14.3. The summed E-state index contributed by atoms with van der Waals surface area (Å²) >= 11 is 7.00. The van der Waals surface area contributed by atoms with Crippen LogP contribution in [-0.2, 0) is 6.54 Å². The van der Waals surface area contributed by atoms with Gasteiger partial charge < -0.3 is 15.2 Å². The third kappa shape index (κ3) is 5.42. The second-order valence-electron chi connectivity index (χ2n) is 4.51. The molecule has 19 heavy (non-hydrogen) atoms. The van der Waals surface area contributed by atoms with Crippen LogP contribution in [0.3, 0.4) is 0 Å². The molecule has 1 unspecified atom stereocenters. The standard InChI is InChI=1S/C14H21Br2NO2/c1-3-10(4-5-18)8-17-9-11-6-12(15)14(19-2)13(16)7-11/h6-7,10,17-18H,3-5,8-9H2,1-2H3. The highest BCUT2D eigenvalue weighted by atomic mass is 79.9. The van der Waals surface area contributed by atoms with Gasteiger partial charge in [-0.15, -0.1) is 0 Å². The molecule has 0 aliphatic rings. The Balaban J connectivity index is 2.54. The molecule has 0 aromatic heterocycles. The van der Waals surface area contributed by atoms with Crippen molar-refractivity contribution in [3.63, 3.8) is 0 Å². The van der Waals surface area contributed by atoms with Crippen LogP contribution in [0.15, 0.2) is 21.1 Å². The van der Waals surface area contributed by atoms with Crippen LogP contribution in [0.25, 0.3) is 0 Å². The number of benzene rings is 1. The van der Waals surface area contributed by atoms with Gasteiger partial charge in [-0.1, -0.05) is 13.3 Å². The lowest BCUT2D eigenvalue weighted by atomic mass is 10.0. The average molecular weight is 395 g/mol. The summed E-state index contributed by atoms with van der Waals surface area (Å²) < 4.78 is 7.18. The van der Waals surface area contributed by atoms with Crippen molar-refractivity contribution in [2.24, 2.45) is 5.92 Å². The third-order valence-corrected chi connectivity index (χ3v) is 4.32. The Labute approximate surface area is 132 Å². The number of halogens is 2. The number of aliphatic hydroxyl groups is 1. The largest absolute Gasteiger partial charge is 0.494 e. The molecule has 0 aliphatic heterocycles. The Bertz CT molecular complexity index is 376. The highest BCUT2D eigenvalue weighted by Gasteiger charge is 2.09. The van der Waals surface area contributed by atoms with E-state index >= 15 is 0 Å². The summed E-state index contributed by atoms with van der Waals surface area (Å²) in [7, 11) is 1.66. The number of hydrogen-bond donors (Lipinski definition) is 2. The maximum atomic E-state index is 8.96. The van der Waals surface area contributed by atoms with E-state index in [1.54, 1.807) is 7.11 Å². The minimum Gasteiger partial charge on any atom is -0.494 e.